The maximum atomic E-state index is 13.5. The van der Waals surface area contributed by atoms with Crippen LogP contribution in [0.15, 0.2) is 30.4 Å². The molecule has 0 aromatic heterocycles. The van der Waals surface area contributed by atoms with Crippen LogP contribution in [-0.2, 0) is 0 Å². The SMILES string of the molecule is F/C=C(\F)CCC1CCC(C2CCC(c3ccc(F)c(F)c3)CC2)CC1. The summed E-state index contributed by atoms with van der Waals surface area (Å²) in [6, 6.07) is 4.31. The molecule has 0 N–H and O–H groups in total. The van der Waals surface area contributed by atoms with E-state index in [2.05, 4.69) is 0 Å². The van der Waals surface area contributed by atoms with Gasteiger partial charge in [-0.25, -0.2) is 17.6 Å². The van der Waals surface area contributed by atoms with Gasteiger partial charge in [-0.3, -0.25) is 0 Å². The maximum absolute atomic E-state index is 13.5. The summed E-state index contributed by atoms with van der Waals surface area (Å²) in [5.74, 6) is 0.160. The second kappa shape index (κ2) is 9.05. The molecule has 2 saturated carbocycles. The topological polar surface area (TPSA) is 0 Å². The molecule has 4 heteroatoms. The quantitative estimate of drug-likeness (QED) is 0.469. The molecule has 1 aromatic rings. The Morgan fingerprint density at radius 2 is 1.50 bits per heavy atom. The van der Waals surface area contributed by atoms with Crippen molar-refractivity contribution in [1.29, 1.82) is 0 Å². The summed E-state index contributed by atoms with van der Waals surface area (Å²) in [7, 11) is 0. The van der Waals surface area contributed by atoms with Crippen molar-refractivity contribution in [3.8, 4) is 0 Å². The highest BCUT2D eigenvalue weighted by atomic mass is 19.2. The summed E-state index contributed by atoms with van der Waals surface area (Å²) in [6.07, 6.45) is 10.1. The Balaban J connectivity index is 1.43. The minimum Gasteiger partial charge on any atom is -0.213 e. The average Bonchev–Trinajstić information content (AvgIpc) is 2.69. The van der Waals surface area contributed by atoms with E-state index in [0.717, 1.165) is 62.3 Å². The van der Waals surface area contributed by atoms with Gasteiger partial charge in [-0.2, -0.15) is 0 Å². The lowest BCUT2D eigenvalue weighted by molar-refractivity contribution is 0.156. The molecule has 2 aliphatic carbocycles. The average molecular weight is 368 g/mol. The van der Waals surface area contributed by atoms with Gasteiger partial charge in [-0.1, -0.05) is 18.9 Å². The maximum Gasteiger partial charge on any atom is 0.159 e. The van der Waals surface area contributed by atoms with Crippen LogP contribution in [0, 0.1) is 29.4 Å². The number of hydrogen-bond acceptors (Lipinski definition) is 0. The fourth-order valence-electron chi connectivity index (χ4n) is 5.04. The van der Waals surface area contributed by atoms with Crippen LogP contribution in [0.2, 0.25) is 0 Å². The van der Waals surface area contributed by atoms with Crippen molar-refractivity contribution in [2.24, 2.45) is 17.8 Å². The van der Waals surface area contributed by atoms with Crippen molar-refractivity contribution in [1.82, 2.24) is 0 Å². The number of allylic oxidation sites excluding steroid dienone is 1. The van der Waals surface area contributed by atoms with Crippen molar-refractivity contribution in [2.45, 2.75) is 70.1 Å². The van der Waals surface area contributed by atoms with Gasteiger partial charge in [0.25, 0.3) is 0 Å². The van der Waals surface area contributed by atoms with Crippen LogP contribution in [0.1, 0.15) is 75.7 Å². The molecular formula is C22H28F4. The Kier molecular flexibility index (Phi) is 6.77. The molecule has 0 bridgehead atoms. The minimum absolute atomic E-state index is 0.0804. The Morgan fingerprint density at radius 3 is 2.08 bits per heavy atom. The molecule has 144 valence electrons. The molecule has 0 heterocycles. The van der Waals surface area contributed by atoms with E-state index < -0.39 is 17.5 Å². The lowest BCUT2D eigenvalue weighted by atomic mass is 9.68. The molecule has 0 spiro atoms. The van der Waals surface area contributed by atoms with Crippen molar-refractivity contribution in [2.75, 3.05) is 0 Å². The molecule has 2 fully saturated rings. The lowest BCUT2D eigenvalue weighted by Gasteiger charge is -2.38. The van der Waals surface area contributed by atoms with Gasteiger partial charge >= 0.3 is 0 Å². The zero-order valence-electron chi connectivity index (χ0n) is 15.2. The molecule has 26 heavy (non-hydrogen) atoms. The van der Waals surface area contributed by atoms with E-state index >= 15 is 0 Å². The van der Waals surface area contributed by atoms with E-state index in [1.54, 1.807) is 6.07 Å². The first-order valence-corrected chi connectivity index (χ1v) is 9.96. The first-order valence-electron chi connectivity index (χ1n) is 9.96. The largest absolute Gasteiger partial charge is 0.213 e. The van der Waals surface area contributed by atoms with Crippen LogP contribution in [0.5, 0.6) is 0 Å². The number of hydrogen-bond donors (Lipinski definition) is 0. The van der Waals surface area contributed by atoms with Gasteiger partial charge in [0, 0.05) is 6.42 Å². The Morgan fingerprint density at radius 1 is 0.885 bits per heavy atom. The summed E-state index contributed by atoms with van der Waals surface area (Å²) in [5.41, 5.74) is 0.925. The first kappa shape index (κ1) is 19.4. The zero-order chi connectivity index (χ0) is 18.5. The molecule has 0 amide bonds. The standard InChI is InChI=1S/C22H28F4/c23-14-20(24)11-3-15-1-4-16(5-2-15)17-6-8-18(9-7-17)19-10-12-21(25)22(26)13-19/h10,12-18H,1-9,11H2/b20-14-. The van der Waals surface area contributed by atoms with Gasteiger partial charge in [0.15, 0.2) is 11.6 Å². The van der Waals surface area contributed by atoms with Gasteiger partial charge in [0.2, 0.25) is 0 Å². The van der Waals surface area contributed by atoms with E-state index in [4.69, 9.17) is 0 Å². The molecule has 0 saturated heterocycles. The summed E-state index contributed by atoms with van der Waals surface area (Å²) < 4.78 is 51.5. The third kappa shape index (κ3) is 4.89. The van der Waals surface area contributed by atoms with Crippen LogP contribution in [0.25, 0.3) is 0 Å². The normalized spacial score (nSPS) is 30.4. The van der Waals surface area contributed by atoms with Gasteiger partial charge in [-0.05, 0) is 86.3 Å². The van der Waals surface area contributed by atoms with Crippen LogP contribution in [-0.4, -0.2) is 0 Å². The predicted molar refractivity (Wildman–Crippen MR) is 96.0 cm³/mol. The van der Waals surface area contributed by atoms with Crippen molar-refractivity contribution in [3.63, 3.8) is 0 Å². The fourth-order valence-corrected chi connectivity index (χ4v) is 5.04. The second-order valence-electron chi connectivity index (χ2n) is 8.16. The zero-order valence-corrected chi connectivity index (χ0v) is 15.2. The van der Waals surface area contributed by atoms with E-state index in [1.165, 1.54) is 25.0 Å². The highest BCUT2D eigenvalue weighted by Gasteiger charge is 2.31. The van der Waals surface area contributed by atoms with Crippen LogP contribution in [0.3, 0.4) is 0 Å². The van der Waals surface area contributed by atoms with E-state index in [0.29, 0.717) is 11.8 Å². The molecule has 1 aromatic carbocycles. The van der Waals surface area contributed by atoms with Gasteiger partial charge in [-0.15, -0.1) is 0 Å². The molecule has 0 nitrogen and oxygen atoms in total. The van der Waals surface area contributed by atoms with Crippen molar-refractivity contribution < 1.29 is 17.6 Å². The Bertz CT molecular complexity index is 609. The van der Waals surface area contributed by atoms with Gasteiger partial charge in [0.05, 0.1) is 0 Å². The van der Waals surface area contributed by atoms with Crippen LogP contribution < -0.4 is 0 Å². The van der Waals surface area contributed by atoms with Crippen molar-refractivity contribution in [3.05, 3.63) is 47.6 Å². The molecular weight excluding hydrogens is 340 g/mol. The molecule has 0 unspecified atom stereocenters. The second-order valence-corrected chi connectivity index (χ2v) is 8.16. The van der Waals surface area contributed by atoms with E-state index in [1.807, 2.05) is 0 Å². The minimum atomic E-state index is -0.777. The summed E-state index contributed by atoms with van der Waals surface area (Å²) in [6.45, 7) is 0. The van der Waals surface area contributed by atoms with E-state index in [9.17, 15) is 17.6 Å². The Labute approximate surface area is 153 Å². The third-order valence-electron chi connectivity index (χ3n) is 6.65. The third-order valence-corrected chi connectivity index (χ3v) is 6.65. The molecule has 0 atom stereocenters. The lowest BCUT2D eigenvalue weighted by Crippen LogP contribution is -2.25. The first-order chi connectivity index (χ1) is 12.6. The molecule has 3 rings (SSSR count). The number of benzene rings is 1. The number of halogens is 4. The highest BCUT2D eigenvalue weighted by molar-refractivity contribution is 5.22. The number of rotatable bonds is 5. The van der Waals surface area contributed by atoms with Gasteiger partial charge < -0.3 is 0 Å². The molecule has 0 radical (unpaired) electrons. The summed E-state index contributed by atoms with van der Waals surface area (Å²) >= 11 is 0. The Hall–Kier alpha value is -1.32. The van der Waals surface area contributed by atoms with Crippen LogP contribution >= 0.6 is 0 Å². The summed E-state index contributed by atoms with van der Waals surface area (Å²) in [4.78, 5) is 0. The van der Waals surface area contributed by atoms with Gasteiger partial charge in [0.1, 0.15) is 12.2 Å². The van der Waals surface area contributed by atoms with E-state index in [-0.39, 0.29) is 12.8 Å². The molecule has 0 aliphatic heterocycles. The molecule has 2 aliphatic rings. The smallest absolute Gasteiger partial charge is 0.159 e. The fraction of sp³-hybridized carbons (Fsp3) is 0.636. The van der Waals surface area contributed by atoms with Crippen molar-refractivity contribution >= 4 is 0 Å². The highest BCUT2D eigenvalue weighted by Crippen LogP contribution is 2.44. The summed E-state index contributed by atoms with van der Waals surface area (Å²) in [5, 5.41) is 0. The monoisotopic (exact) mass is 368 g/mol. The predicted octanol–water partition coefficient (Wildman–Crippen LogP) is 7.61. The van der Waals surface area contributed by atoms with Crippen LogP contribution in [0.4, 0.5) is 17.6 Å².